The van der Waals surface area contributed by atoms with E-state index in [0.717, 1.165) is 19.1 Å². The van der Waals surface area contributed by atoms with Crippen LogP contribution < -0.4 is 0 Å². The molecule has 6 fully saturated rings. The molecule has 0 bridgehead atoms. The topological polar surface area (TPSA) is 152 Å². The number of ether oxygens (including phenoxy) is 4. The molecular formula is C29H40O10. The molecule has 10 heteroatoms. The molecule has 7 aliphatic rings. The Labute approximate surface area is 227 Å². The number of carbonyl (C=O) groups is 2. The number of esters is 1. The smallest absolute Gasteiger partial charge is 0.331 e. The van der Waals surface area contributed by atoms with E-state index in [9.17, 15) is 30.0 Å². The van der Waals surface area contributed by atoms with E-state index in [0.29, 0.717) is 44.1 Å². The van der Waals surface area contributed by atoms with E-state index in [1.807, 2.05) is 13.8 Å². The van der Waals surface area contributed by atoms with E-state index in [2.05, 4.69) is 0 Å². The van der Waals surface area contributed by atoms with Crippen molar-refractivity contribution in [1.29, 1.82) is 0 Å². The number of rotatable bonds is 2. The van der Waals surface area contributed by atoms with Crippen molar-refractivity contribution in [3.05, 3.63) is 11.6 Å². The second kappa shape index (κ2) is 8.33. The maximum Gasteiger partial charge on any atom is 0.331 e. The van der Waals surface area contributed by atoms with E-state index in [1.54, 1.807) is 0 Å². The predicted octanol–water partition coefficient (Wildman–Crippen LogP) is 1.12. The number of fused-ring (bicyclic) bond motifs is 7. The van der Waals surface area contributed by atoms with Crippen LogP contribution in [0.3, 0.4) is 0 Å². The summed E-state index contributed by atoms with van der Waals surface area (Å²) < 4.78 is 23.3. The van der Waals surface area contributed by atoms with Gasteiger partial charge in [0.25, 0.3) is 0 Å². The van der Waals surface area contributed by atoms with E-state index in [1.165, 1.54) is 6.08 Å². The van der Waals surface area contributed by atoms with Crippen LogP contribution in [0.4, 0.5) is 0 Å². The first-order valence-corrected chi connectivity index (χ1v) is 14.6. The minimum atomic E-state index is -2.00. The van der Waals surface area contributed by atoms with E-state index >= 15 is 0 Å². The summed E-state index contributed by atoms with van der Waals surface area (Å²) >= 11 is 0. The highest BCUT2D eigenvalue weighted by molar-refractivity contribution is 5.86. The fourth-order valence-electron chi connectivity index (χ4n) is 10.2. The fraction of sp³-hybridized carbons (Fsp3) is 0.862. The number of cyclic esters (lactones) is 1. The molecule has 4 N–H and O–H groups in total. The molecule has 0 aromatic rings. The van der Waals surface area contributed by atoms with Crippen molar-refractivity contribution in [3.63, 3.8) is 0 Å². The van der Waals surface area contributed by atoms with E-state index < -0.39 is 52.3 Å². The van der Waals surface area contributed by atoms with Crippen LogP contribution >= 0.6 is 0 Å². The molecule has 10 nitrogen and oxygen atoms in total. The average Bonchev–Trinajstić information content (AvgIpc) is 3.42. The monoisotopic (exact) mass is 548 g/mol. The van der Waals surface area contributed by atoms with Crippen LogP contribution in [0.25, 0.3) is 0 Å². The molecule has 0 spiro atoms. The molecule has 13 atom stereocenters. The highest BCUT2D eigenvalue weighted by atomic mass is 16.8. The van der Waals surface area contributed by atoms with Crippen molar-refractivity contribution in [3.8, 4) is 0 Å². The van der Waals surface area contributed by atoms with Crippen molar-refractivity contribution < 1.29 is 49.0 Å². The summed E-state index contributed by atoms with van der Waals surface area (Å²) in [4.78, 5) is 25.0. The molecule has 216 valence electrons. The molecule has 3 heterocycles. The van der Waals surface area contributed by atoms with Gasteiger partial charge in [0, 0.05) is 28.9 Å². The third-order valence-electron chi connectivity index (χ3n) is 12.3. The van der Waals surface area contributed by atoms with Crippen LogP contribution in [0, 0.1) is 28.6 Å². The molecule has 2 saturated heterocycles. The number of aldehydes is 1. The Balaban J connectivity index is 1.20. The summed E-state index contributed by atoms with van der Waals surface area (Å²) in [6, 6.07) is 0. The van der Waals surface area contributed by atoms with E-state index in [4.69, 9.17) is 18.9 Å². The lowest BCUT2D eigenvalue weighted by molar-refractivity contribution is -0.457. The zero-order chi connectivity index (χ0) is 27.6. The van der Waals surface area contributed by atoms with Gasteiger partial charge < -0.3 is 44.2 Å². The maximum absolute atomic E-state index is 13.1. The summed E-state index contributed by atoms with van der Waals surface area (Å²) in [5.41, 5.74) is -3.71. The second-order valence-electron chi connectivity index (χ2n) is 13.7. The molecule has 0 aromatic heterocycles. The quantitative estimate of drug-likeness (QED) is 0.224. The first-order valence-electron chi connectivity index (χ1n) is 14.6. The van der Waals surface area contributed by atoms with Crippen LogP contribution in [0.15, 0.2) is 11.6 Å². The summed E-state index contributed by atoms with van der Waals surface area (Å²) in [6.07, 6.45) is 3.29. The Kier molecular flexibility index (Phi) is 5.66. The van der Waals surface area contributed by atoms with Gasteiger partial charge in [-0.15, -0.1) is 0 Å². The highest BCUT2D eigenvalue weighted by Crippen LogP contribution is 2.71. The molecule has 39 heavy (non-hydrogen) atoms. The minimum Gasteiger partial charge on any atom is -0.458 e. The SMILES string of the molecule is C[C@@H]1C[C@@H](O)[C@]2(O)O[C@@H]3C[C@@]4(C=O)[C@@H](CC[C@@H]5[C@@H]4CC[C@]4(C)[C@@](O)(C6=CC(=O)OC6)CC[C@]54O)C[C@H]3O[C@@H]2O1. The van der Waals surface area contributed by atoms with E-state index in [-0.39, 0.29) is 43.0 Å². The number of hydrogen-bond donors (Lipinski definition) is 4. The third-order valence-corrected chi connectivity index (χ3v) is 12.3. The first kappa shape index (κ1) is 26.5. The normalized spacial score (nSPS) is 58.2. The third kappa shape index (κ3) is 3.22. The molecule has 0 unspecified atom stereocenters. The van der Waals surface area contributed by atoms with Crippen LogP contribution in [0.1, 0.15) is 71.6 Å². The Bertz CT molecular complexity index is 1110. The molecular weight excluding hydrogens is 508 g/mol. The summed E-state index contributed by atoms with van der Waals surface area (Å²) in [7, 11) is 0. The highest BCUT2D eigenvalue weighted by Gasteiger charge is 2.74. The Hall–Kier alpha value is -1.40. The van der Waals surface area contributed by atoms with Gasteiger partial charge in [-0.1, -0.05) is 6.92 Å². The number of carbonyl (C=O) groups excluding carboxylic acids is 2. The van der Waals surface area contributed by atoms with Gasteiger partial charge in [-0.25, -0.2) is 4.79 Å². The molecule has 3 aliphatic heterocycles. The van der Waals surface area contributed by atoms with Crippen LogP contribution in [0.2, 0.25) is 0 Å². The van der Waals surface area contributed by atoms with Gasteiger partial charge >= 0.3 is 5.97 Å². The molecule has 4 aliphatic carbocycles. The Morgan fingerprint density at radius 2 is 1.79 bits per heavy atom. The molecule has 0 amide bonds. The molecule has 0 radical (unpaired) electrons. The van der Waals surface area contributed by atoms with Gasteiger partial charge in [0.2, 0.25) is 12.1 Å². The van der Waals surface area contributed by atoms with Gasteiger partial charge in [0.15, 0.2) is 0 Å². The minimum absolute atomic E-state index is 0.0232. The van der Waals surface area contributed by atoms with Crippen molar-refractivity contribution in [2.24, 2.45) is 28.6 Å². The van der Waals surface area contributed by atoms with Gasteiger partial charge in [0.05, 0.1) is 29.5 Å². The standard InChI is InChI=1S/C29H40O10/c1-15-9-22(31)29(35)24(37-15)38-20-10-16-3-4-19-18(26(16,14-30)12-21(20)39-29)5-6-25(2)27(33,7-8-28(19,25)34)17-11-23(32)36-13-17/h11,14-16,18-22,24,31,33-35H,3-10,12-13H2,1-2H3/t15-,16+,18+,19-,20-,21-,22-,24+,25-,26-,27+,28+,29+/m1/s1. The van der Waals surface area contributed by atoms with Crippen LogP contribution in [-0.2, 0) is 28.5 Å². The van der Waals surface area contributed by atoms with Gasteiger partial charge in [-0.05, 0) is 76.0 Å². The Morgan fingerprint density at radius 1 is 1.00 bits per heavy atom. The van der Waals surface area contributed by atoms with Crippen molar-refractivity contribution >= 4 is 12.3 Å². The number of aliphatic hydroxyl groups is 4. The largest absolute Gasteiger partial charge is 0.458 e. The lowest BCUT2D eigenvalue weighted by Gasteiger charge is -2.65. The molecule has 4 saturated carbocycles. The lowest BCUT2D eigenvalue weighted by atomic mass is 9.42. The Morgan fingerprint density at radius 3 is 2.51 bits per heavy atom. The maximum atomic E-state index is 13.1. The zero-order valence-corrected chi connectivity index (χ0v) is 22.6. The summed E-state index contributed by atoms with van der Waals surface area (Å²) in [5.74, 6) is -2.79. The average molecular weight is 549 g/mol. The lowest BCUT2D eigenvalue weighted by Crippen LogP contribution is -2.71. The molecule has 7 rings (SSSR count). The van der Waals surface area contributed by atoms with Gasteiger partial charge in [-0.3, -0.25) is 0 Å². The van der Waals surface area contributed by atoms with Crippen molar-refractivity contribution in [1.82, 2.24) is 0 Å². The number of aliphatic hydroxyl groups excluding tert-OH is 1. The zero-order valence-electron chi connectivity index (χ0n) is 22.6. The van der Waals surface area contributed by atoms with Crippen molar-refractivity contribution in [2.75, 3.05) is 6.61 Å². The second-order valence-corrected chi connectivity index (χ2v) is 13.7. The first-order chi connectivity index (χ1) is 18.4. The fourth-order valence-corrected chi connectivity index (χ4v) is 10.2. The summed E-state index contributed by atoms with van der Waals surface area (Å²) in [6.45, 7) is 3.78. The van der Waals surface area contributed by atoms with Gasteiger partial charge in [-0.2, -0.15) is 0 Å². The summed E-state index contributed by atoms with van der Waals surface area (Å²) in [5, 5.41) is 46.4. The number of hydrogen-bond acceptors (Lipinski definition) is 10. The van der Waals surface area contributed by atoms with Crippen LogP contribution in [-0.4, -0.2) is 87.0 Å². The predicted molar refractivity (Wildman–Crippen MR) is 133 cm³/mol. The van der Waals surface area contributed by atoms with Crippen LogP contribution in [0.5, 0.6) is 0 Å². The van der Waals surface area contributed by atoms with Gasteiger partial charge in [0.1, 0.15) is 19.0 Å². The van der Waals surface area contributed by atoms with Crippen molar-refractivity contribution in [2.45, 2.75) is 119 Å². The molecule has 0 aromatic carbocycles.